The predicted octanol–water partition coefficient (Wildman–Crippen LogP) is 0.926. The van der Waals surface area contributed by atoms with E-state index in [-0.39, 0.29) is 18.7 Å². The summed E-state index contributed by atoms with van der Waals surface area (Å²) >= 11 is 0. The van der Waals surface area contributed by atoms with Crippen molar-refractivity contribution in [2.24, 2.45) is 0 Å². The Labute approximate surface area is 141 Å². The lowest BCUT2D eigenvalue weighted by Gasteiger charge is -2.38. The van der Waals surface area contributed by atoms with E-state index >= 15 is 0 Å². The number of nitrogens with zero attached hydrogens (tertiary/aromatic N) is 1. The molecule has 3 saturated heterocycles. The summed E-state index contributed by atoms with van der Waals surface area (Å²) in [6.07, 6.45) is 1.18. The van der Waals surface area contributed by atoms with Crippen LogP contribution in [0.1, 0.15) is 18.9 Å². The van der Waals surface area contributed by atoms with Crippen molar-refractivity contribution in [2.75, 3.05) is 25.0 Å². The molecule has 3 heterocycles. The summed E-state index contributed by atoms with van der Waals surface area (Å²) in [5, 5.41) is 2.33. The molecule has 3 atom stereocenters. The molecule has 3 fully saturated rings. The van der Waals surface area contributed by atoms with Gasteiger partial charge < -0.3 is 15.0 Å². The van der Waals surface area contributed by atoms with Crippen LogP contribution in [0.2, 0.25) is 0 Å². The second-order valence-electron chi connectivity index (χ2n) is 6.76. The average Bonchev–Trinajstić information content (AvgIpc) is 2.97. The minimum absolute atomic E-state index is 0.211. The van der Waals surface area contributed by atoms with Crippen LogP contribution in [0.4, 0.5) is 10.5 Å². The number of hydrogen-bond acceptors (Lipinski definition) is 4. The van der Waals surface area contributed by atoms with Crippen LogP contribution in [-0.2, 0) is 21.2 Å². The standard InChI is InChI=1S/C16H21N3O4S/c1-2-11-3-5-12(6-4-11)18-15(20)19-8-13-7-14-16(10-19,23-13)9-17-24(14,21)22/h3-6,13-14,17H,2,7-10H2,1H3,(H,18,20)/t13-,14+,16-/m0/s1. The molecule has 0 aromatic heterocycles. The van der Waals surface area contributed by atoms with Crippen molar-refractivity contribution >= 4 is 21.7 Å². The second kappa shape index (κ2) is 5.44. The Kier molecular flexibility index (Phi) is 3.59. The monoisotopic (exact) mass is 351 g/mol. The molecule has 0 unspecified atom stereocenters. The highest BCUT2D eigenvalue weighted by atomic mass is 32.2. The van der Waals surface area contributed by atoms with Crippen LogP contribution in [0, 0.1) is 0 Å². The zero-order chi connectivity index (χ0) is 16.9. The molecule has 1 spiro atoms. The van der Waals surface area contributed by atoms with E-state index in [0.717, 1.165) is 12.1 Å². The van der Waals surface area contributed by atoms with Crippen LogP contribution in [0.3, 0.4) is 0 Å². The van der Waals surface area contributed by atoms with Gasteiger partial charge in [0.1, 0.15) is 10.9 Å². The van der Waals surface area contributed by atoms with Gasteiger partial charge in [-0.05, 0) is 30.5 Å². The molecular weight excluding hydrogens is 330 g/mol. The van der Waals surface area contributed by atoms with Gasteiger partial charge in [0.05, 0.1) is 12.6 Å². The summed E-state index contributed by atoms with van der Waals surface area (Å²) in [5.74, 6) is 0. The topological polar surface area (TPSA) is 87.7 Å². The van der Waals surface area contributed by atoms with Crippen LogP contribution in [0.5, 0.6) is 0 Å². The molecule has 3 aliphatic heterocycles. The first kappa shape index (κ1) is 15.9. The molecule has 4 rings (SSSR count). The quantitative estimate of drug-likeness (QED) is 0.830. The van der Waals surface area contributed by atoms with Crippen molar-refractivity contribution in [3.63, 3.8) is 0 Å². The molecule has 130 valence electrons. The number of benzene rings is 1. The predicted molar refractivity (Wildman–Crippen MR) is 89.3 cm³/mol. The first-order valence-corrected chi connectivity index (χ1v) is 9.78. The van der Waals surface area contributed by atoms with Gasteiger partial charge in [-0.2, -0.15) is 0 Å². The van der Waals surface area contributed by atoms with E-state index in [2.05, 4.69) is 17.0 Å². The highest BCUT2D eigenvalue weighted by Crippen LogP contribution is 2.42. The maximum absolute atomic E-state index is 12.6. The van der Waals surface area contributed by atoms with E-state index in [1.165, 1.54) is 5.56 Å². The van der Waals surface area contributed by atoms with E-state index < -0.39 is 20.9 Å². The number of rotatable bonds is 2. The maximum Gasteiger partial charge on any atom is 0.322 e. The van der Waals surface area contributed by atoms with E-state index in [9.17, 15) is 13.2 Å². The van der Waals surface area contributed by atoms with Gasteiger partial charge in [0.2, 0.25) is 10.0 Å². The summed E-state index contributed by atoms with van der Waals surface area (Å²) in [6, 6.07) is 7.53. The number of carbonyl (C=O) groups is 1. The number of likely N-dealkylation sites (tertiary alicyclic amines) is 1. The SMILES string of the molecule is CCc1ccc(NC(=O)N2C[C@@H]3C[C@@H]4[C@](CNS4(=O)=O)(C2)O3)cc1. The van der Waals surface area contributed by atoms with Crippen molar-refractivity contribution in [1.29, 1.82) is 0 Å². The smallest absolute Gasteiger partial charge is 0.322 e. The van der Waals surface area contributed by atoms with E-state index in [1.807, 2.05) is 24.3 Å². The fourth-order valence-corrected chi connectivity index (χ4v) is 5.81. The molecule has 7 nitrogen and oxygen atoms in total. The number of anilines is 1. The first-order chi connectivity index (χ1) is 11.4. The molecule has 1 aromatic rings. The molecular formula is C16H21N3O4S. The lowest BCUT2D eigenvalue weighted by Crippen LogP contribution is -2.57. The Morgan fingerprint density at radius 2 is 2.17 bits per heavy atom. The number of carbonyl (C=O) groups excluding carboxylic acids is 1. The van der Waals surface area contributed by atoms with Crippen molar-refractivity contribution in [3.05, 3.63) is 29.8 Å². The lowest BCUT2D eigenvalue weighted by molar-refractivity contribution is -0.0869. The molecule has 2 amide bonds. The van der Waals surface area contributed by atoms with Crippen molar-refractivity contribution < 1.29 is 17.9 Å². The number of hydrogen-bond donors (Lipinski definition) is 2. The molecule has 0 radical (unpaired) electrons. The average molecular weight is 351 g/mol. The minimum Gasteiger partial charge on any atom is -0.365 e. The Morgan fingerprint density at radius 1 is 1.42 bits per heavy atom. The number of sulfonamides is 1. The van der Waals surface area contributed by atoms with E-state index in [0.29, 0.717) is 19.5 Å². The fourth-order valence-electron chi connectivity index (χ4n) is 3.92. The van der Waals surface area contributed by atoms with Gasteiger partial charge in [0.25, 0.3) is 0 Å². The number of morpholine rings is 1. The van der Waals surface area contributed by atoms with E-state index in [4.69, 9.17) is 4.74 Å². The van der Waals surface area contributed by atoms with Gasteiger partial charge in [0.15, 0.2) is 0 Å². The summed E-state index contributed by atoms with van der Waals surface area (Å²) in [6.45, 7) is 3.04. The summed E-state index contributed by atoms with van der Waals surface area (Å²) in [7, 11) is -3.34. The van der Waals surface area contributed by atoms with Gasteiger partial charge in [-0.1, -0.05) is 19.1 Å². The number of aryl methyl sites for hydroxylation is 1. The molecule has 2 N–H and O–H groups in total. The van der Waals surface area contributed by atoms with Gasteiger partial charge in [-0.25, -0.2) is 17.9 Å². The number of amides is 2. The van der Waals surface area contributed by atoms with Gasteiger partial charge in [0, 0.05) is 18.8 Å². The van der Waals surface area contributed by atoms with E-state index in [1.54, 1.807) is 4.90 Å². The third-order valence-electron chi connectivity index (χ3n) is 5.20. The Balaban J connectivity index is 1.49. The Hall–Kier alpha value is -1.64. The highest BCUT2D eigenvalue weighted by molar-refractivity contribution is 7.90. The summed E-state index contributed by atoms with van der Waals surface area (Å²) in [5.41, 5.74) is 1.15. The number of fused-ring (bicyclic) bond motifs is 1. The number of nitrogens with one attached hydrogen (secondary N) is 2. The van der Waals surface area contributed by atoms with Crippen LogP contribution in [-0.4, -0.2) is 55.9 Å². The largest absolute Gasteiger partial charge is 0.365 e. The molecule has 0 saturated carbocycles. The molecule has 1 aromatic carbocycles. The summed E-state index contributed by atoms with van der Waals surface area (Å²) in [4.78, 5) is 14.2. The maximum atomic E-state index is 12.6. The molecule has 24 heavy (non-hydrogen) atoms. The second-order valence-corrected chi connectivity index (χ2v) is 8.70. The molecule has 3 aliphatic rings. The Bertz CT molecular complexity index is 764. The van der Waals surface area contributed by atoms with Gasteiger partial charge in [-0.3, -0.25) is 0 Å². The third kappa shape index (κ3) is 2.49. The van der Waals surface area contributed by atoms with Crippen LogP contribution in [0.15, 0.2) is 24.3 Å². The normalized spacial score (nSPS) is 33.3. The number of ether oxygens (including phenoxy) is 1. The molecule has 0 aliphatic carbocycles. The van der Waals surface area contributed by atoms with Crippen molar-refractivity contribution in [2.45, 2.75) is 36.7 Å². The van der Waals surface area contributed by atoms with Crippen LogP contribution < -0.4 is 10.0 Å². The fraction of sp³-hybridized carbons (Fsp3) is 0.562. The minimum atomic E-state index is -3.34. The third-order valence-corrected chi connectivity index (χ3v) is 7.11. The lowest BCUT2D eigenvalue weighted by atomic mass is 10.00. The van der Waals surface area contributed by atoms with Crippen molar-refractivity contribution in [3.8, 4) is 0 Å². The summed E-state index contributed by atoms with van der Waals surface area (Å²) < 4.78 is 32.7. The zero-order valence-corrected chi connectivity index (χ0v) is 14.3. The Morgan fingerprint density at radius 3 is 2.88 bits per heavy atom. The molecule has 2 bridgehead atoms. The van der Waals surface area contributed by atoms with Gasteiger partial charge in [-0.15, -0.1) is 0 Å². The number of urea groups is 1. The van der Waals surface area contributed by atoms with Gasteiger partial charge >= 0.3 is 6.03 Å². The van der Waals surface area contributed by atoms with Crippen LogP contribution in [0.25, 0.3) is 0 Å². The zero-order valence-electron chi connectivity index (χ0n) is 13.5. The first-order valence-electron chi connectivity index (χ1n) is 8.23. The highest BCUT2D eigenvalue weighted by Gasteiger charge is 2.62. The van der Waals surface area contributed by atoms with Crippen molar-refractivity contribution in [1.82, 2.24) is 9.62 Å². The van der Waals surface area contributed by atoms with Crippen LogP contribution >= 0.6 is 0 Å². The molecule has 8 heteroatoms.